The number of rotatable bonds is 2. The average Bonchev–Trinajstić information content (AvgIpc) is 2.48. The number of hydrogen-bond acceptors (Lipinski definition) is 3. The fourth-order valence-corrected chi connectivity index (χ4v) is 2.53. The molecule has 76 valence electrons. The summed E-state index contributed by atoms with van der Waals surface area (Å²) in [5.74, 6) is 1.72. The van der Waals surface area contributed by atoms with E-state index in [1.165, 1.54) is 0 Å². The lowest BCUT2D eigenvalue weighted by molar-refractivity contribution is 0.323. The van der Waals surface area contributed by atoms with Gasteiger partial charge in [-0.1, -0.05) is 0 Å². The Morgan fingerprint density at radius 3 is 3.14 bits per heavy atom. The normalized spacial score (nSPS) is 18.9. The molecule has 1 aliphatic rings. The Bertz CT molecular complexity index is 354. The van der Waals surface area contributed by atoms with Crippen LogP contribution < -0.4 is 15.2 Å². The van der Waals surface area contributed by atoms with E-state index in [-0.39, 0.29) is 6.04 Å². The fourth-order valence-electron chi connectivity index (χ4n) is 1.56. The van der Waals surface area contributed by atoms with Crippen LogP contribution in [0.25, 0.3) is 0 Å². The van der Waals surface area contributed by atoms with E-state index < -0.39 is 0 Å². The van der Waals surface area contributed by atoms with Crippen LogP contribution in [0.1, 0.15) is 18.5 Å². The molecule has 14 heavy (non-hydrogen) atoms. The first-order valence-electron chi connectivity index (χ1n) is 4.57. The average molecular weight is 305 g/mol. The Balaban J connectivity index is 2.41. The molecule has 0 spiro atoms. The summed E-state index contributed by atoms with van der Waals surface area (Å²) in [7, 11) is 0. The molecule has 3 nitrogen and oxygen atoms in total. The Kier molecular flexibility index (Phi) is 2.83. The predicted molar refractivity (Wildman–Crippen MR) is 62.8 cm³/mol. The lowest BCUT2D eigenvalue weighted by Crippen LogP contribution is -2.11. The highest BCUT2D eigenvalue weighted by molar-refractivity contribution is 14.1. The maximum Gasteiger partial charge on any atom is 0.129 e. The van der Waals surface area contributed by atoms with Crippen LogP contribution >= 0.6 is 22.6 Å². The third-order valence-corrected chi connectivity index (χ3v) is 3.06. The minimum absolute atomic E-state index is 0.00702. The van der Waals surface area contributed by atoms with E-state index in [4.69, 9.17) is 15.2 Å². The van der Waals surface area contributed by atoms with Gasteiger partial charge < -0.3 is 15.2 Å². The van der Waals surface area contributed by atoms with Crippen LogP contribution in [0.4, 0.5) is 0 Å². The quantitative estimate of drug-likeness (QED) is 0.851. The summed E-state index contributed by atoms with van der Waals surface area (Å²) < 4.78 is 12.0. The Hall–Kier alpha value is -0.490. The van der Waals surface area contributed by atoms with Gasteiger partial charge in [0.25, 0.3) is 0 Å². The van der Waals surface area contributed by atoms with Crippen molar-refractivity contribution in [3.8, 4) is 11.5 Å². The van der Waals surface area contributed by atoms with Gasteiger partial charge in [-0.2, -0.15) is 0 Å². The lowest BCUT2D eigenvalue weighted by atomic mass is 10.1. The summed E-state index contributed by atoms with van der Waals surface area (Å²) in [6, 6.07) is 3.92. The standard InChI is InChI=1S/C10H12INO2/c1-2-13-6-3-7(11)10-8(12)5-14-9(10)4-6/h3-4,8H,2,5,12H2,1H3. The third kappa shape index (κ3) is 1.68. The molecule has 0 fully saturated rings. The molecule has 0 saturated carbocycles. The Morgan fingerprint density at radius 1 is 1.64 bits per heavy atom. The minimum Gasteiger partial charge on any atom is -0.494 e. The van der Waals surface area contributed by atoms with Crippen LogP contribution in [0.15, 0.2) is 12.1 Å². The topological polar surface area (TPSA) is 44.5 Å². The predicted octanol–water partition coefficient (Wildman–Crippen LogP) is 2.08. The summed E-state index contributed by atoms with van der Waals surface area (Å²) in [6.45, 7) is 3.20. The number of halogens is 1. The van der Waals surface area contributed by atoms with E-state index >= 15 is 0 Å². The SMILES string of the molecule is CCOc1cc(I)c2c(c1)OCC2N. The van der Waals surface area contributed by atoms with Gasteiger partial charge in [0.1, 0.15) is 18.1 Å². The molecule has 0 radical (unpaired) electrons. The van der Waals surface area contributed by atoms with Gasteiger partial charge in [-0.25, -0.2) is 0 Å². The molecule has 4 heteroatoms. The molecule has 0 aromatic heterocycles. The van der Waals surface area contributed by atoms with Crippen molar-refractivity contribution in [2.45, 2.75) is 13.0 Å². The zero-order chi connectivity index (χ0) is 10.1. The van der Waals surface area contributed by atoms with E-state index in [9.17, 15) is 0 Å². The molecule has 2 rings (SSSR count). The van der Waals surface area contributed by atoms with Crippen molar-refractivity contribution in [1.82, 2.24) is 0 Å². The van der Waals surface area contributed by atoms with Crippen LogP contribution in [-0.4, -0.2) is 13.2 Å². The molecule has 2 N–H and O–H groups in total. The zero-order valence-electron chi connectivity index (χ0n) is 7.92. The second-order valence-electron chi connectivity index (χ2n) is 3.17. The highest BCUT2D eigenvalue weighted by atomic mass is 127. The van der Waals surface area contributed by atoms with Gasteiger partial charge in [-0.05, 0) is 35.6 Å². The summed E-state index contributed by atoms with van der Waals surface area (Å²) in [5.41, 5.74) is 7.01. The molecule has 1 aromatic carbocycles. The van der Waals surface area contributed by atoms with E-state index in [2.05, 4.69) is 22.6 Å². The molecule has 1 aromatic rings. The second-order valence-corrected chi connectivity index (χ2v) is 4.33. The van der Waals surface area contributed by atoms with Gasteiger partial charge in [0.05, 0.1) is 12.6 Å². The number of fused-ring (bicyclic) bond motifs is 1. The number of ether oxygens (including phenoxy) is 2. The summed E-state index contributed by atoms with van der Waals surface area (Å²) in [5, 5.41) is 0. The molecule has 0 saturated heterocycles. The first kappa shape index (κ1) is 10.0. The van der Waals surface area contributed by atoms with Crippen LogP contribution in [0.3, 0.4) is 0 Å². The molecule has 1 unspecified atom stereocenters. The van der Waals surface area contributed by atoms with Gasteiger partial charge in [0.15, 0.2) is 0 Å². The first-order valence-corrected chi connectivity index (χ1v) is 5.65. The van der Waals surface area contributed by atoms with E-state index in [1.54, 1.807) is 0 Å². The largest absolute Gasteiger partial charge is 0.494 e. The molecule has 0 bridgehead atoms. The summed E-state index contributed by atoms with van der Waals surface area (Å²) in [4.78, 5) is 0. The van der Waals surface area contributed by atoms with Crippen molar-refractivity contribution in [1.29, 1.82) is 0 Å². The highest BCUT2D eigenvalue weighted by Gasteiger charge is 2.24. The van der Waals surface area contributed by atoms with E-state index in [0.29, 0.717) is 13.2 Å². The fraction of sp³-hybridized carbons (Fsp3) is 0.400. The monoisotopic (exact) mass is 305 g/mol. The number of nitrogens with two attached hydrogens (primary N) is 1. The van der Waals surface area contributed by atoms with Gasteiger partial charge in [-0.15, -0.1) is 0 Å². The molecule has 0 aliphatic carbocycles. The van der Waals surface area contributed by atoms with Crippen LogP contribution in [0.2, 0.25) is 0 Å². The summed E-state index contributed by atoms with van der Waals surface area (Å²) in [6.07, 6.45) is 0. The first-order chi connectivity index (χ1) is 6.72. The van der Waals surface area contributed by atoms with Crippen LogP contribution in [-0.2, 0) is 0 Å². The molecular formula is C10H12INO2. The van der Waals surface area contributed by atoms with E-state index in [0.717, 1.165) is 20.6 Å². The Labute approximate surface area is 96.7 Å². The smallest absolute Gasteiger partial charge is 0.129 e. The maximum atomic E-state index is 5.90. The Morgan fingerprint density at radius 2 is 2.43 bits per heavy atom. The van der Waals surface area contributed by atoms with Crippen molar-refractivity contribution in [3.05, 3.63) is 21.3 Å². The van der Waals surface area contributed by atoms with Crippen molar-refractivity contribution in [2.75, 3.05) is 13.2 Å². The molecule has 0 amide bonds. The van der Waals surface area contributed by atoms with Gasteiger partial charge >= 0.3 is 0 Å². The summed E-state index contributed by atoms with van der Waals surface area (Å²) >= 11 is 2.27. The number of benzene rings is 1. The van der Waals surface area contributed by atoms with Gasteiger partial charge in [0, 0.05) is 15.2 Å². The minimum atomic E-state index is 0.00702. The van der Waals surface area contributed by atoms with Crippen molar-refractivity contribution >= 4 is 22.6 Å². The van der Waals surface area contributed by atoms with Gasteiger partial charge in [0.2, 0.25) is 0 Å². The maximum absolute atomic E-state index is 5.90. The molecule has 1 heterocycles. The third-order valence-electron chi connectivity index (χ3n) is 2.17. The van der Waals surface area contributed by atoms with E-state index in [1.807, 2.05) is 19.1 Å². The van der Waals surface area contributed by atoms with Crippen molar-refractivity contribution in [3.63, 3.8) is 0 Å². The van der Waals surface area contributed by atoms with Crippen LogP contribution in [0.5, 0.6) is 11.5 Å². The molecule has 1 atom stereocenters. The number of hydrogen-bond donors (Lipinski definition) is 1. The van der Waals surface area contributed by atoms with Crippen molar-refractivity contribution < 1.29 is 9.47 Å². The molecular weight excluding hydrogens is 293 g/mol. The lowest BCUT2D eigenvalue weighted by Gasteiger charge is -2.08. The highest BCUT2D eigenvalue weighted by Crippen LogP contribution is 2.37. The second kappa shape index (κ2) is 3.94. The van der Waals surface area contributed by atoms with Gasteiger partial charge in [-0.3, -0.25) is 0 Å². The zero-order valence-corrected chi connectivity index (χ0v) is 10.1. The van der Waals surface area contributed by atoms with Crippen molar-refractivity contribution in [2.24, 2.45) is 5.73 Å². The molecule has 1 aliphatic heterocycles. The van der Waals surface area contributed by atoms with Crippen LogP contribution in [0, 0.1) is 3.57 Å².